The Morgan fingerprint density at radius 1 is 0.460 bits per heavy atom. The normalized spacial score (nSPS) is 17.0. The summed E-state index contributed by atoms with van der Waals surface area (Å²) >= 11 is 0. The lowest BCUT2D eigenvalue weighted by Crippen LogP contribution is -2.06. The first kappa shape index (κ1) is 27.8. The fourth-order valence-electron chi connectivity index (χ4n) is 8.80. The maximum absolute atomic E-state index is 6.56. The molecule has 11 rings (SSSR count). The Kier molecular flexibility index (Phi) is 5.94. The van der Waals surface area contributed by atoms with Crippen LogP contribution in [0.5, 0.6) is 5.75 Å². The van der Waals surface area contributed by atoms with E-state index in [4.69, 9.17) is 9.15 Å². The van der Waals surface area contributed by atoms with Gasteiger partial charge >= 0.3 is 0 Å². The molecule has 2 heterocycles. The van der Waals surface area contributed by atoms with Gasteiger partial charge < -0.3 is 9.15 Å². The molecule has 2 nitrogen and oxygen atoms in total. The van der Waals surface area contributed by atoms with Crippen LogP contribution in [-0.4, -0.2) is 0 Å². The second kappa shape index (κ2) is 10.7. The molecule has 3 aliphatic rings. The highest BCUT2D eigenvalue weighted by atomic mass is 16.5. The fraction of sp³-hybridized carbons (Fsp3) is 0.0833. The Labute approximate surface area is 289 Å². The molecule has 0 bridgehead atoms. The number of hydrogen-bond donors (Lipinski definition) is 0. The van der Waals surface area contributed by atoms with Gasteiger partial charge in [-0.2, -0.15) is 0 Å². The molecule has 0 saturated carbocycles. The Balaban J connectivity index is 1.03. The number of fused-ring (bicyclic) bond motifs is 9. The van der Waals surface area contributed by atoms with Crippen molar-refractivity contribution in [1.29, 1.82) is 0 Å². The van der Waals surface area contributed by atoms with Gasteiger partial charge in [-0.15, -0.1) is 0 Å². The number of rotatable bonds is 3. The monoisotopic (exact) mass is 640 g/mol. The topological polar surface area (TPSA) is 22.4 Å². The highest BCUT2D eigenvalue weighted by Crippen LogP contribution is 2.52. The quantitative estimate of drug-likeness (QED) is 0.179. The summed E-state index contributed by atoms with van der Waals surface area (Å²) in [6.07, 6.45) is 12.2. The molecule has 0 N–H and O–H groups in total. The second-order valence-corrected chi connectivity index (χ2v) is 13.9. The molecule has 0 saturated heterocycles. The van der Waals surface area contributed by atoms with Gasteiger partial charge in [0, 0.05) is 22.3 Å². The Hall–Kier alpha value is -6.12. The van der Waals surface area contributed by atoms with Crippen molar-refractivity contribution in [2.75, 3.05) is 0 Å². The molecule has 0 fully saturated rings. The Morgan fingerprint density at radius 3 is 1.78 bits per heavy atom. The van der Waals surface area contributed by atoms with Gasteiger partial charge in [-0.05, 0) is 121 Å². The summed E-state index contributed by atoms with van der Waals surface area (Å²) in [6.45, 7) is 0. The summed E-state index contributed by atoms with van der Waals surface area (Å²) in [5.74, 6) is 2.16. The molecule has 1 unspecified atom stereocenters. The molecule has 0 radical (unpaired) electrons. The lowest BCUT2D eigenvalue weighted by Gasteiger charge is -2.24. The predicted octanol–water partition coefficient (Wildman–Crippen LogP) is 13.2. The van der Waals surface area contributed by atoms with Crippen LogP contribution in [0.25, 0.3) is 71.0 Å². The summed E-state index contributed by atoms with van der Waals surface area (Å²) in [5, 5.41) is 9.95. The average molecular weight is 641 g/mol. The number of benzene rings is 7. The maximum atomic E-state index is 6.56. The summed E-state index contributed by atoms with van der Waals surface area (Å²) in [6, 6.07) is 46.1. The number of hydrogen-bond acceptors (Lipinski definition) is 2. The molecule has 2 heteroatoms. The smallest absolute Gasteiger partial charge is 0.136 e. The molecular weight excluding hydrogens is 609 g/mol. The zero-order chi connectivity index (χ0) is 32.8. The van der Waals surface area contributed by atoms with Crippen LogP contribution < -0.4 is 4.74 Å². The standard InChI is InChI=1S/C48H32O2/c1-2-10-29(11-3-1)30-18-20-31(21-19-30)47-36-13-4-6-15-38(36)48(39-16-7-5-14-37(39)47)32-22-23-44-41(24-32)42-26-33-25-40-35-12-8-9-17-43(35)49-45(40)27-34(33)28-46(42)50-44/h1-18,20,22-23,25-28,41H,19,21,24H2. The summed E-state index contributed by atoms with van der Waals surface area (Å²) in [5.41, 5.74) is 11.3. The molecular formula is C48H32O2. The number of para-hydroxylation sites is 1. The van der Waals surface area contributed by atoms with E-state index in [9.17, 15) is 0 Å². The number of allylic oxidation sites excluding steroid dienone is 8. The first-order chi connectivity index (χ1) is 24.8. The molecule has 50 heavy (non-hydrogen) atoms. The van der Waals surface area contributed by atoms with E-state index in [0.29, 0.717) is 0 Å². The molecule has 1 atom stereocenters. The SMILES string of the molecule is C1=C(c2ccccc2)CCC(c2c3ccccc3c(C3=CC=C4Oc5cc6cc7oc8ccccc8c7cc6cc5C4C3)c3ccccc23)=C1. The third kappa shape index (κ3) is 4.15. The predicted molar refractivity (Wildman–Crippen MR) is 208 cm³/mol. The number of furan rings is 1. The van der Waals surface area contributed by atoms with Crippen molar-refractivity contribution in [3.05, 3.63) is 180 Å². The van der Waals surface area contributed by atoms with E-state index in [1.807, 2.05) is 12.1 Å². The van der Waals surface area contributed by atoms with Crippen molar-refractivity contribution < 1.29 is 9.15 Å². The van der Waals surface area contributed by atoms with Gasteiger partial charge in [0.15, 0.2) is 0 Å². The van der Waals surface area contributed by atoms with E-state index in [0.717, 1.165) is 58.1 Å². The first-order valence-corrected chi connectivity index (χ1v) is 17.6. The highest BCUT2D eigenvalue weighted by Gasteiger charge is 2.34. The average Bonchev–Trinajstić information content (AvgIpc) is 3.72. The van der Waals surface area contributed by atoms with Crippen LogP contribution in [0.4, 0.5) is 0 Å². The van der Waals surface area contributed by atoms with Crippen molar-refractivity contribution >= 4 is 71.0 Å². The van der Waals surface area contributed by atoms with Gasteiger partial charge in [0.05, 0.1) is 0 Å². The van der Waals surface area contributed by atoms with Crippen LogP contribution >= 0.6 is 0 Å². The van der Waals surface area contributed by atoms with Gasteiger partial charge in [0.1, 0.15) is 22.7 Å². The molecule has 2 aliphatic carbocycles. The van der Waals surface area contributed by atoms with Crippen molar-refractivity contribution in [2.45, 2.75) is 25.2 Å². The zero-order valence-electron chi connectivity index (χ0n) is 27.4. The highest BCUT2D eigenvalue weighted by molar-refractivity contribution is 6.16. The van der Waals surface area contributed by atoms with Gasteiger partial charge in [0.25, 0.3) is 0 Å². The molecule has 0 amide bonds. The minimum Gasteiger partial charge on any atom is -0.461 e. The van der Waals surface area contributed by atoms with Gasteiger partial charge in [0.2, 0.25) is 0 Å². The van der Waals surface area contributed by atoms with Crippen LogP contribution in [0.2, 0.25) is 0 Å². The van der Waals surface area contributed by atoms with E-state index in [1.165, 1.54) is 65.9 Å². The summed E-state index contributed by atoms with van der Waals surface area (Å²) in [7, 11) is 0. The van der Waals surface area contributed by atoms with Gasteiger partial charge in [-0.3, -0.25) is 0 Å². The summed E-state index contributed by atoms with van der Waals surface area (Å²) in [4.78, 5) is 0. The first-order valence-electron chi connectivity index (χ1n) is 17.6. The van der Waals surface area contributed by atoms with E-state index >= 15 is 0 Å². The van der Waals surface area contributed by atoms with E-state index in [2.05, 4.69) is 140 Å². The van der Waals surface area contributed by atoms with Crippen molar-refractivity contribution in [3.8, 4) is 5.75 Å². The lowest BCUT2D eigenvalue weighted by atomic mass is 9.79. The van der Waals surface area contributed by atoms with Crippen LogP contribution in [0.15, 0.2) is 162 Å². The summed E-state index contributed by atoms with van der Waals surface area (Å²) < 4.78 is 12.8. The minimum absolute atomic E-state index is 0.172. The maximum Gasteiger partial charge on any atom is 0.136 e. The molecule has 0 spiro atoms. The second-order valence-electron chi connectivity index (χ2n) is 13.9. The zero-order valence-corrected chi connectivity index (χ0v) is 27.4. The number of ether oxygens (including phenoxy) is 1. The fourth-order valence-corrected chi connectivity index (χ4v) is 8.80. The molecule has 1 aliphatic heterocycles. The van der Waals surface area contributed by atoms with Crippen molar-refractivity contribution in [1.82, 2.24) is 0 Å². The molecule has 8 aromatic rings. The van der Waals surface area contributed by atoms with E-state index < -0.39 is 0 Å². The van der Waals surface area contributed by atoms with E-state index in [1.54, 1.807) is 0 Å². The van der Waals surface area contributed by atoms with Crippen LogP contribution in [0.3, 0.4) is 0 Å². The van der Waals surface area contributed by atoms with Crippen LogP contribution in [0, 0.1) is 0 Å². The Morgan fingerprint density at radius 2 is 1.06 bits per heavy atom. The molecule has 7 aromatic carbocycles. The lowest BCUT2D eigenvalue weighted by molar-refractivity contribution is 0.427. The van der Waals surface area contributed by atoms with Crippen LogP contribution in [-0.2, 0) is 0 Å². The Bertz CT molecular complexity index is 2800. The largest absolute Gasteiger partial charge is 0.461 e. The van der Waals surface area contributed by atoms with Crippen molar-refractivity contribution in [3.63, 3.8) is 0 Å². The third-order valence-electron chi connectivity index (χ3n) is 11.2. The van der Waals surface area contributed by atoms with Gasteiger partial charge in [-0.1, -0.05) is 115 Å². The molecule has 236 valence electrons. The molecule has 1 aromatic heterocycles. The van der Waals surface area contributed by atoms with Crippen molar-refractivity contribution in [2.24, 2.45) is 0 Å². The minimum atomic E-state index is 0.172. The van der Waals surface area contributed by atoms with E-state index in [-0.39, 0.29) is 5.92 Å². The van der Waals surface area contributed by atoms with Crippen LogP contribution in [0.1, 0.15) is 47.4 Å². The van der Waals surface area contributed by atoms with Gasteiger partial charge in [-0.25, -0.2) is 0 Å². The third-order valence-corrected chi connectivity index (χ3v) is 11.2.